The molecule has 0 N–H and O–H groups in total. The SMILES string of the molecule is O=[N+]([O-])c1ccc(N2CCOCC2)c(Cl)c1Cl. The second-order valence-electron chi connectivity index (χ2n) is 3.59. The fraction of sp³-hybridized carbons (Fsp3) is 0.400. The molecule has 1 aliphatic heterocycles. The summed E-state index contributed by atoms with van der Waals surface area (Å²) >= 11 is 11.9. The van der Waals surface area contributed by atoms with Gasteiger partial charge in [-0.05, 0) is 6.07 Å². The van der Waals surface area contributed by atoms with Crippen molar-refractivity contribution in [1.82, 2.24) is 0 Å². The standard InChI is InChI=1S/C10H10Cl2N2O3/c11-9-7(13-3-5-17-6-4-13)1-2-8(10(9)12)14(15)16/h1-2H,3-6H2. The van der Waals surface area contributed by atoms with Crippen LogP contribution in [0.2, 0.25) is 10.0 Å². The molecule has 0 amide bonds. The quantitative estimate of drug-likeness (QED) is 0.616. The molecule has 0 radical (unpaired) electrons. The van der Waals surface area contributed by atoms with Gasteiger partial charge >= 0.3 is 0 Å². The average Bonchev–Trinajstić information content (AvgIpc) is 2.33. The maximum absolute atomic E-state index is 10.7. The summed E-state index contributed by atoms with van der Waals surface area (Å²) < 4.78 is 5.23. The molecular weight excluding hydrogens is 267 g/mol. The third-order valence-corrected chi connectivity index (χ3v) is 3.45. The molecule has 1 saturated heterocycles. The summed E-state index contributed by atoms with van der Waals surface area (Å²) in [7, 11) is 0. The number of nitro groups is 1. The molecule has 1 aromatic carbocycles. The summed E-state index contributed by atoms with van der Waals surface area (Å²) in [6.45, 7) is 2.64. The summed E-state index contributed by atoms with van der Waals surface area (Å²) in [5.74, 6) is 0. The number of ether oxygens (including phenoxy) is 1. The van der Waals surface area contributed by atoms with Crippen molar-refractivity contribution in [2.75, 3.05) is 31.2 Å². The summed E-state index contributed by atoms with van der Waals surface area (Å²) in [5, 5.41) is 10.9. The molecule has 1 heterocycles. The number of morpholine rings is 1. The van der Waals surface area contributed by atoms with Gasteiger partial charge in [-0.3, -0.25) is 10.1 Å². The van der Waals surface area contributed by atoms with Gasteiger partial charge in [0.1, 0.15) is 5.02 Å². The van der Waals surface area contributed by atoms with Crippen molar-refractivity contribution in [3.05, 3.63) is 32.3 Å². The van der Waals surface area contributed by atoms with Crippen LogP contribution in [-0.2, 0) is 4.74 Å². The minimum absolute atomic E-state index is 0.0133. The second-order valence-corrected chi connectivity index (χ2v) is 4.34. The molecule has 1 aliphatic rings. The van der Waals surface area contributed by atoms with Crippen LogP contribution in [0.3, 0.4) is 0 Å². The average molecular weight is 277 g/mol. The van der Waals surface area contributed by atoms with Crippen LogP contribution in [0.1, 0.15) is 0 Å². The van der Waals surface area contributed by atoms with Crippen LogP contribution in [0.4, 0.5) is 11.4 Å². The van der Waals surface area contributed by atoms with Gasteiger partial charge in [0, 0.05) is 19.2 Å². The molecular formula is C10H10Cl2N2O3. The largest absolute Gasteiger partial charge is 0.378 e. The fourth-order valence-corrected chi connectivity index (χ4v) is 2.23. The molecule has 0 spiro atoms. The van der Waals surface area contributed by atoms with E-state index in [4.69, 9.17) is 27.9 Å². The van der Waals surface area contributed by atoms with E-state index >= 15 is 0 Å². The van der Waals surface area contributed by atoms with E-state index in [0.29, 0.717) is 32.0 Å². The van der Waals surface area contributed by atoms with Crippen molar-refractivity contribution >= 4 is 34.6 Å². The van der Waals surface area contributed by atoms with Crippen molar-refractivity contribution < 1.29 is 9.66 Å². The molecule has 17 heavy (non-hydrogen) atoms. The monoisotopic (exact) mass is 276 g/mol. The normalized spacial score (nSPS) is 16.0. The number of rotatable bonds is 2. The minimum atomic E-state index is -0.544. The van der Waals surface area contributed by atoms with Crippen molar-refractivity contribution in [2.24, 2.45) is 0 Å². The van der Waals surface area contributed by atoms with E-state index in [1.165, 1.54) is 6.07 Å². The van der Waals surface area contributed by atoms with Crippen LogP contribution >= 0.6 is 23.2 Å². The predicted molar refractivity (Wildman–Crippen MR) is 66.1 cm³/mol. The van der Waals surface area contributed by atoms with Crippen LogP contribution < -0.4 is 4.90 Å². The molecule has 7 heteroatoms. The topological polar surface area (TPSA) is 55.6 Å². The smallest absolute Gasteiger partial charge is 0.289 e. The predicted octanol–water partition coefficient (Wildman–Crippen LogP) is 2.74. The van der Waals surface area contributed by atoms with Crippen LogP contribution in [0.15, 0.2) is 12.1 Å². The summed E-state index contributed by atoms with van der Waals surface area (Å²) in [5.41, 5.74) is 0.541. The Bertz CT molecular complexity index is 447. The number of hydrogen-bond donors (Lipinski definition) is 0. The van der Waals surface area contributed by atoms with Gasteiger partial charge in [0.2, 0.25) is 0 Å². The first kappa shape index (κ1) is 12.4. The van der Waals surface area contributed by atoms with Crippen LogP contribution in [0.5, 0.6) is 0 Å². The Hall–Kier alpha value is -1.04. The summed E-state index contributed by atoms with van der Waals surface area (Å²) in [6.07, 6.45) is 0. The van der Waals surface area contributed by atoms with Gasteiger partial charge in [-0.2, -0.15) is 0 Å². The number of nitrogens with zero attached hydrogens (tertiary/aromatic N) is 2. The molecule has 0 saturated carbocycles. The van der Waals surface area contributed by atoms with E-state index in [1.54, 1.807) is 6.07 Å². The third-order valence-electron chi connectivity index (χ3n) is 2.59. The lowest BCUT2D eigenvalue weighted by Crippen LogP contribution is -2.36. The first-order chi connectivity index (χ1) is 8.11. The Morgan fingerprint density at radius 2 is 1.88 bits per heavy atom. The molecule has 2 rings (SSSR count). The first-order valence-corrected chi connectivity index (χ1v) is 5.82. The molecule has 0 unspecified atom stereocenters. The van der Waals surface area contributed by atoms with Gasteiger partial charge in [0.15, 0.2) is 0 Å². The Labute approximate surface area is 108 Å². The van der Waals surface area contributed by atoms with Gasteiger partial charge in [0.25, 0.3) is 5.69 Å². The first-order valence-electron chi connectivity index (χ1n) is 5.06. The highest BCUT2D eigenvalue weighted by molar-refractivity contribution is 6.45. The Balaban J connectivity index is 2.36. The molecule has 1 fully saturated rings. The van der Waals surface area contributed by atoms with Gasteiger partial charge in [-0.1, -0.05) is 23.2 Å². The Morgan fingerprint density at radius 1 is 1.24 bits per heavy atom. The van der Waals surface area contributed by atoms with E-state index in [2.05, 4.69) is 0 Å². The number of hydrogen-bond acceptors (Lipinski definition) is 4. The van der Waals surface area contributed by atoms with Crippen molar-refractivity contribution in [2.45, 2.75) is 0 Å². The number of benzene rings is 1. The molecule has 0 bridgehead atoms. The highest BCUT2D eigenvalue weighted by Gasteiger charge is 2.22. The number of anilines is 1. The minimum Gasteiger partial charge on any atom is -0.378 e. The molecule has 92 valence electrons. The molecule has 5 nitrogen and oxygen atoms in total. The molecule has 1 aromatic rings. The van der Waals surface area contributed by atoms with E-state index in [9.17, 15) is 10.1 Å². The third kappa shape index (κ3) is 2.46. The zero-order valence-electron chi connectivity index (χ0n) is 8.86. The van der Waals surface area contributed by atoms with Crippen molar-refractivity contribution in [1.29, 1.82) is 0 Å². The molecule has 0 aromatic heterocycles. The second kappa shape index (κ2) is 5.08. The summed E-state index contributed by atoms with van der Waals surface area (Å²) in [4.78, 5) is 12.1. The highest BCUT2D eigenvalue weighted by atomic mass is 35.5. The Morgan fingerprint density at radius 3 is 2.47 bits per heavy atom. The van der Waals surface area contributed by atoms with Crippen molar-refractivity contribution in [3.8, 4) is 0 Å². The van der Waals surface area contributed by atoms with Gasteiger partial charge in [-0.25, -0.2) is 0 Å². The van der Waals surface area contributed by atoms with Gasteiger partial charge in [0.05, 0.1) is 28.8 Å². The fourth-order valence-electron chi connectivity index (χ4n) is 1.72. The van der Waals surface area contributed by atoms with Gasteiger partial charge < -0.3 is 9.64 Å². The van der Waals surface area contributed by atoms with Gasteiger partial charge in [-0.15, -0.1) is 0 Å². The van der Waals surface area contributed by atoms with E-state index in [-0.39, 0.29) is 15.7 Å². The lowest BCUT2D eigenvalue weighted by Gasteiger charge is -2.29. The molecule has 0 atom stereocenters. The highest BCUT2D eigenvalue weighted by Crippen LogP contribution is 2.39. The van der Waals surface area contributed by atoms with E-state index < -0.39 is 4.92 Å². The van der Waals surface area contributed by atoms with Crippen LogP contribution in [-0.4, -0.2) is 31.2 Å². The zero-order valence-corrected chi connectivity index (χ0v) is 10.4. The lowest BCUT2D eigenvalue weighted by atomic mass is 10.2. The van der Waals surface area contributed by atoms with E-state index in [1.807, 2.05) is 4.90 Å². The van der Waals surface area contributed by atoms with Crippen LogP contribution in [0.25, 0.3) is 0 Å². The summed E-state index contributed by atoms with van der Waals surface area (Å²) in [6, 6.07) is 3.00. The Kier molecular flexibility index (Phi) is 3.71. The number of halogens is 2. The number of nitro benzene ring substituents is 1. The lowest BCUT2D eigenvalue weighted by molar-refractivity contribution is -0.384. The molecule has 0 aliphatic carbocycles. The van der Waals surface area contributed by atoms with E-state index in [0.717, 1.165) is 0 Å². The maximum Gasteiger partial charge on any atom is 0.289 e. The van der Waals surface area contributed by atoms with Crippen molar-refractivity contribution in [3.63, 3.8) is 0 Å². The van der Waals surface area contributed by atoms with Crippen LogP contribution in [0, 0.1) is 10.1 Å². The zero-order chi connectivity index (χ0) is 12.4. The maximum atomic E-state index is 10.7.